The number of anilines is 2. The molecular weight excluding hydrogens is 573 g/mol. The van der Waals surface area contributed by atoms with E-state index in [2.05, 4.69) is 25.0 Å². The van der Waals surface area contributed by atoms with Gasteiger partial charge in [0.1, 0.15) is 4.70 Å². The van der Waals surface area contributed by atoms with Gasteiger partial charge >= 0.3 is 0 Å². The van der Waals surface area contributed by atoms with Gasteiger partial charge in [0.25, 0.3) is 15.6 Å². The zero-order valence-electron chi connectivity index (χ0n) is 18.6. The number of fused-ring (bicyclic) bond motifs is 1. The number of carbonyl (C=O) groups is 1. The summed E-state index contributed by atoms with van der Waals surface area (Å²) in [7, 11) is -3.79. The van der Waals surface area contributed by atoms with Crippen molar-refractivity contribution in [3.63, 3.8) is 0 Å². The molecule has 37 heavy (non-hydrogen) atoms. The van der Waals surface area contributed by atoms with Crippen molar-refractivity contribution < 1.29 is 13.2 Å². The van der Waals surface area contributed by atoms with Gasteiger partial charge in [0.15, 0.2) is 19.9 Å². The average Bonchev–Trinajstić information content (AvgIpc) is 3.50. The maximum absolute atomic E-state index is 12.6. The molecule has 0 fully saturated rings. The van der Waals surface area contributed by atoms with E-state index in [0.717, 1.165) is 17.4 Å². The van der Waals surface area contributed by atoms with E-state index in [1.165, 1.54) is 53.1 Å². The first kappa shape index (κ1) is 25.3. The number of nitrogens with one attached hydrogen (secondary N) is 3. The van der Waals surface area contributed by atoms with Crippen LogP contribution in [-0.4, -0.2) is 39.6 Å². The standard InChI is InChI=1S/C22H16N6O4S5/c29-16(24-13-6-8-15(9-7-13)37(31,32)27-20-23-10-11-34-20)12-35-21-25-18-17(19(30)26-21)36-22(33)28(18)14-4-2-1-3-5-14/h1-11H,12H2,(H,23,27)(H,24,29)(H,25,26,30). The van der Waals surface area contributed by atoms with Crippen LogP contribution in [0.2, 0.25) is 0 Å². The van der Waals surface area contributed by atoms with E-state index >= 15 is 0 Å². The Balaban J connectivity index is 1.27. The second-order valence-corrected chi connectivity index (χ2v) is 12.6. The van der Waals surface area contributed by atoms with Gasteiger partial charge in [-0.3, -0.25) is 18.9 Å². The number of benzene rings is 2. The smallest absolute Gasteiger partial charge is 0.271 e. The molecule has 0 saturated carbocycles. The molecule has 0 aliphatic carbocycles. The average molecular weight is 589 g/mol. The van der Waals surface area contributed by atoms with Crippen molar-refractivity contribution in [3.8, 4) is 5.69 Å². The molecule has 10 nitrogen and oxygen atoms in total. The first-order chi connectivity index (χ1) is 17.8. The van der Waals surface area contributed by atoms with Gasteiger partial charge < -0.3 is 10.3 Å². The second kappa shape index (κ2) is 10.5. The Morgan fingerprint density at radius 1 is 1.14 bits per heavy atom. The minimum absolute atomic E-state index is 0.0314. The molecule has 0 aliphatic rings. The highest BCUT2D eigenvalue weighted by atomic mass is 32.2. The third-order valence-electron chi connectivity index (χ3n) is 4.88. The van der Waals surface area contributed by atoms with Crippen molar-refractivity contribution in [1.29, 1.82) is 0 Å². The molecule has 0 spiro atoms. The predicted octanol–water partition coefficient (Wildman–Crippen LogP) is 4.49. The Morgan fingerprint density at radius 2 is 1.89 bits per heavy atom. The van der Waals surface area contributed by atoms with E-state index in [-0.39, 0.29) is 32.4 Å². The zero-order chi connectivity index (χ0) is 26.0. The molecule has 3 aromatic heterocycles. The third kappa shape index (κ3) is 5.65. The molecule has 15 heteroatoms. The first-order valence-corrected chi connectivity index (χ1v) is 15.0. The number of rotatable bonds is 8. The van der Waals surface area contributed by atoms with E-state index in [0.29, 0.717) is 20.0 Å². The van der Waals surface area contributed by atoms with Gasteiger partial charge in [0.05, 0.1) is 10.6 Å². The number of carbonyl (C=O) groups excluding carboxylic acids is 1. The van der Waals surface area contributed by atoms with Crippen molar-refractivity contribution in [1.82, 2.24) is 19.5 Å². The van der Waals surface area contributed by atoms with Crippen LogP contribution in [-0.2, 0) is 14.8 Å². The Hall–Kier alpha value is -3.37. The lowest BCUT2D eigenvalue weighted by atomic mass is 10.3. The summed E-state index contributed by atoms with van der Waals surface area (Å²) < 4.78 is 29.9. The largest absolute Gasteiger partial charge is 0.325 e. The summed E-state index contributed by atoms with van der Waals surface area (Å²) in [5.74, 6) is -0.384. The molecular formula is C22H16N6O4S5. The van der Waals surface area contributed by atoms with Gasteiger partial charge in [-0.15, -0.1) is 11.3 Å². The molecule has 3 N–H and O–H groups in total. The zero-order valence-corrected chi connectivity index (χ0v) is 22.7. The summed E-state index contributed by atoms with van der Waals surface area (Å²) in [6.07, 6.45) is 1.50. The topological polar surface area (TPSA) is 139 Å². The number of hydrogen-bond acceptors (Lipinski definition) is 10. The van der Waals surface area contributed by atoms with Crippen molar-refractivity contribution in [2.75, 3.05) is 15.8 Å². The molecule has 1 amide bonds. The van der Waals surface area contributed by atoms with Gasteiger partial charge in [0.2, 0.25) is 5.91 Å². The molecule has 0 atom stereocenters. The summed E-state index contributed by atoms with van der Waals surface area (Å²) in [4.78, 5) is 36.3. The summed E-state index contributed by atoms with van der Waals surface area (Å²) >= 11 is 8.86. The van der Waals surface area contributed by atoms with Crippen LogP contribution in [0, 0.1) is 3.95 Å². The normalized spacial score (nSPS) is 11.5. The quantitative estimate of drug-likeness (QED) is 0.137. The van der Waals surface area contributed by atoms with Crippen molar-refractivity contribution >= 4 is 83.7 Å². The van der Waals surface area contributed by atoms with Gasteiger partial charge in [-0.25, -0.2) is 18.4 Å². The highest BCUT2D eigenvalue weighted by Gasteiger charge is 2.17. The van der Waals surface area contributed by atoms with E-state index in [1.807, 2.05) is 30.3 Å². The summed E-state index contributed by atoms with van der Waals surface area (Å²) in [5.41, 5.74) is 1.31. The molecule has 5 aromatic rings. The number of hydrogen-bond donors (Lipinski definition) is 3. The van der Waals surface area contributed by atoms with Crippen LogP contribution in [0.1, 0.15) is 0 Å². The van der Waals surface area contributed by atoms with E-state index in [4.69, 9.17) is 12.2 Å². The van der Waals surface area contributed by atoms with Crippen molar-refractivity contribution in [2.45, 2.75) is 10.1 Å². The van der Waals surface area contributed by atoms with Gasteiger partial charge in [-0.1, -0.05) is 41.3 Å². The lowest BCUT2D eigenvalue weighted by molar-refractivity contribution is -0.113. The molecule has 0 bridgehead atoms. The number of sulfonamides is 1. The fourth-order valence-corrected chi connectivity index (χ4v) is 6.98. The SMILES string of the molecule is O=C(CSc1nc2c(sc(=S)n2-c2ccccc2)c(=O)[nH]1)Nc1ccc(S(=O)(=O)Nc2nccs2)cc1. The predicted molar refractivity (Wildman–Crippen MR) is 149 cm³/mol. The first-order valence-electron chi connectivity index (χ1n) is 10.5. The van der Waals surface area contributed by atoms with Crippen LogP contribution in [0.4, 0.5) is 10.8 Å². The summed E-state index contributed by atoms with van der Waals surface area (Å²) in [5, 5.41) is 4.91. The Labute approximate surface area is 227 Å². The molecule has 3 heterocycles. The minimum Gasteiger partial charge on any atom is -0.325 e. The monoisotopic (exact) mass is 588 g/mol. The lowest BCUT2D eigenvalue weighted by Gasteiger charge is -2.08. The Kier molecular flexibility index (Phi) is 7.21. The Bertz CT molecular complexity index is 1790. The number of aromatic amines is 1. The minimum atomic E-state index is -3.79. The summed E-state index contributed by atoms with van der Waals surface area (Å²) in [6, 6.07) is 15.1. The third-order valence-corrected chi connectivity index (χ3v) is 9.29. The van der Waals surface area contributed by atoms with Crippen LogP contribution in [0.25, 0.3) is 16.0 Å². The molecule has 188 valence electrons. The van der Waals surface area contributed by atoms with Gasteiger partial charge in [-0.2, -0.15) is 0 Å². The molecule has 0 aliphatic heterocycles. The lowest BCUT2D eigenvalue weighted by Crippen LogP contribution is -2.16. The summed E-state index contributed by atoms with van der Waals surface area (Å²) in [6.45, 7) is 0. The second-order valence-electron chi connectivity index (χ2n) is 7.37. The molecule has 0 unspecified atom stereocenters. The van der Waals surface area contributed by atoms with Crippen LogP contribution in [0.3, 0.4) is 0 Å². The number of nitrogens with zero attached hydrogens (tertiary/aromatic N) is 3. The van der Waals surface area contributed by atoms with E-state index < -0.39 is 10.0 Å². The molecule has 0 radical (unpaired) electrons. The number of H-pyrrole nitrogens is 1. The number of thiazole rings is 2. The van der Waals surface area contributed by atoms with Gasteiger partial charge in [0, 0.05) is 23.0 Å². The Morgan fingerprint density at radius 3 is 2.59 bits per heavy atom. The van der Waals surface area contributed by atoms with Crippen LogP contribution >= 0.6 is 46.7 Å². The number of amides is 1. The van der Waals surface area contributed by atoms with E-state index in [9.17, 15) is 18.0 Å². The van der Waals surface area contributed by atoms with Crippen LogP contribution in [0.5, 0.6) is 0 Å². The fourth-order valence-electron chi connectivity index (χ4n) is 3.26. The highest BCUT2D eigenvalue weighted by molar-refractivity contribution is 7.99. The number of para-hydroxylation sites is 1. The molecule has 0 saturated heterocycles. The van der Waals surface area contributed by atoms with E-state index in [1.54, 1.807) is 9.95 Å². The van der Waals surface area contributed by atoms with Crippen LogP contribution in [0.15, 0.2) is 81.0 Å². The fraction of sp³-hybridized carbons (Fsp3) is 0.0455. The van der Waals surface area contributed by atoms with Crippen molar-refractivity contribution in [3.05, 3.63) is 80.5 Å². The van der Waals surface area contributed by atoms with Crippen LogP contribution < -0.4 is 15.6 Å². The maximum Gasteiger partial charge on any atom is 0.271 e. The number of thioether (sulfide) groups is 1. The maximum atomic E-state index is 12.6. The molecule has 2 aromatic carbocycles. The highest BCUT2D eigenvalue weighted by Crippen LogP contribution is 2.25. The number of aromatic nitrogens is 4. The molecule has 5 rings (SSSR count). The van der Waals surface area contributed by atoms with Gasteiger partial charge in [-0.05, 0) is 48.6 Å². The van der Waals surface area contributed by atoms with Crippen molar-refractivity contribution in [2.24, 2.45) is 0 Å².